The number of nitrogens with one attached hydrogen (secondary N) is 1. The van der Waals surface area contributed by atoms with Gasteiger partial charge in [0.05, 0.1) is 12.1 Å². The van der Waals surface area contributed by atoms with Gasteiger partial charge in [-0.15, -0.1) is 0 Å². The van der Waals surface area contributed by atoms with Crippen LogP contribution in [0.1, 0.15) is 43.0 Å². The molecule has 0 spiro atoms. The summed E-state index contributed by atoms with van der Waals surface area (Å²) in [4.78, 5) is 25.7. The highest BCUT2D eigenvalue weighted by atomic mass is 16.3. The number of urea groups is 1. The Labute approximate surface area is 160 Å². The van der Waals surface area contributed by atoms with Gasteiger partial charge in [-0.2, -0.15) is 0 Å². The van der Waals surface area contributed by atoms with Gasteiger partial charge in [-0.05, 0) is 49.1 Å². The number of carbonyl (C=O) groups excluding carboxylic acids is 2. The van der Waals surface area contributed by atoms with E-state index >= 15 is 0 Å². The van der Waals surface area contributed by atoms with Gasteiger partial charge in [0.15, 0.2) is 5.78 Å². The molecule has 0 aliphatic heterocycles. The second-order valence-corrected chi connectivity index (χ2v) is 7.17. The fourth-order valence-electron chi connectivity index (χ4n) is 3.57. The molecule has 1 aliphatic carbocycles. The van der Waals surface area contributed by atoms with Crippen molar-refractivity contribution in [3.8, 4) is 11.1 Å². The molecule has 27 heavy (non-hydrogen) atoms. The van der Waals surface area contributed by atoms with Crippen LogP contribution in [-0.4, -0.2) is 41.0 Å². The van der Waals surface area contributed by atoms with Crippen LogP contribution in [0, 0.1) is 0 Å². The summed E-state index contributed by atoms with van der Waals surface area (Å²) in [6.07, 6.45) is 3.17. The van der Waals surface area contributed by atoms with E-state index in [4.69, 9.17) is 0 Å². The lowest BCUT2D eigenvalue weighted by molar-refractivity contribution is 0.0494. The Morgan fingerprint density at radius 2 is 1.74 bits per heavy atom. The quantitative estimate of drug-likeness (QED) is 0.792. The van der Waals surface area contributed by atoms with Crippen molar-refractivity contribution >= 4 is 17.5 Å². The predicted molar refractivity (Wildman–Crippen MR) is 107 cm³/mol. The Balaban J connectivity index is 1.67. The van der Waals surface area contributed by atoms with Crippen LogP contribution in [0.5, 0.6) is 0 Å². The summed E-state index contributed by atoms with van der Waals surface area (Å²) in [6, 6.07) is 14.7. The third-order valence-corrected chi connectivity index (χ3v) is 5.25. The maximum absolute atomic E-state index is 12.5. The number of rotatable bonds is 4. The standard InChI is InChI=1S/C22H26N2O3/c1-15(25)17-6-5-7-18(14-17)16-10-12-19(13-11-16)23-22(27)24(2)20-8-3-4-9-21(20)26/h5-7,10-14,20-21,26H,3-4,8-9H2,1-2H3,(H,23,27)/t20-,21+/m1/s1. The second-order valence-electron chi connectivity index (χ2n) is 7.17. The molecule has 3 rings (SSSR count). The molecule has 0 bridgehead atoms. The van der Waals surface area contributed by atoms with Crippen LogP contribution >= 0.6 is 0 Å². The predicted octanol–water partition coefficient (Wildman–Crippen LogP) is 4.32. The van der Waals surface area contributed by atoms with Crippen LogP contribution < -0.4 is 5.32 Å². The Morgan fingerprint density at radius 3 is 2.41 bits per heavy atom. The number of Topliss-reactive ketones (excluding diaryl/α,β-unsaturated/α-hetero) is 1. The molecule has 1 aliphatic rings. The minimum absolute atomic E-state index is 0.0358. The summed E-state index contributed by atoms with van der Waals surface area (Å²) >= 11 is 0. The van der Waals surface area contributed by atoms with Gasteiger partial charge in [-0.3, -0.25) is 4.79 Å². The molecule has 5 heteroatoms. The van der Waals surface area contributed by atoms with Crippen molar-refractivity contribution in [1.29, 1.82) is 0 Å². The van der Waals surface area contributed by atoms with Crippen LogP contribution in [0.15, 0.2) is 48.5 Å². The van der Waals surface area contributed by atoms with Gasteiger partial charge in [-0.25, -0.2) is 4.79 Å². The molecular formula is C22H26N2O3. The summed E-state index contributed by atoms with van der Waals surface area (Å²) in [5.74, 6) is 0.0358. The topological polar surface area (TPSA) is 69.6 Å². The molecule has 5 nitrogen and oxygen atoms in total. The summed E-state index contributed by atoms with van der Waals surface area (Å²) in [5.41, 5.74) is 3.32. The monoisotopic (exact) mass is 366 g/mol. The number of likely N-dealkylation sites (N-methyl/N-ethyl adjacent to an activating group) is 1. The van der Waals surface area contributed by atoms with Gasteiger partial charge < -0.3 is 15.3 Å². The van der Waals surface area contributed by atoms with Gasteiger partial charge in [0.2, 0.25) is 0 Å². The Bertz CT molecular complexity index is 817. The molecule has 1 fully saturated rings. The SMILES string of the molecule is CC(=O)c1cccc(-c2ccc(NC(=O)N(C)[C@@H]3CCCC[C@@H]3O)cc2)c1. The lowest BCUT2D eigenvalue weighted by Crippen LogP contribution is -2.47. The highest BCUT2D eigenvalue weighted by Gasteiger charge is 2.29. The molecule has 2 aromatic carbocycles. The summed E-state index contributed by atoms with van der Waals surface area (Å²) in [5, 5.41) is 13.0. The van der Waals surface area contributed by atoms with E-state index < -0.39 is 6.10 Å². The van der Waals surface area contributed by atoms with Gasteiger partial charge in [0, 0.05) is 18.3 Å². The van der Waals surface area contributed by atoms with E-state index in [9.17, 15) is 14.7 Å². The first kappa shape index (κ1) is 19.1. The third-order valence-electron chi connectivity index (χ3n) is 5.25. The molecule has 2 amide bonds. The molecule has 0 radical (unpaired) electrons. The van der Waals surface area contributed by atoms with Crippen molar-refractivity contribution in [3.05, 3.63) is 54.1 Å². The third kappa shape index (κ3) is 4.55. The average molecular weight is 366 g/mol. The van der Waals surface area contributed by atoms with E-state index in [0.29, 0.717) is 11.3 Å². The molecule has 1 saturated carbocycles. The number of ketones is 1. The van der Waals surface area contributed by atoms with Gasteiger partial charge in [-0.1, -0.05) is 43.2 Å². The lowest BCUT2D eigenvalue weighted by Gasteiger charge is -2.35. The Kier molecular flexibility index (Phi) is 5.91. The fraction of sp³-hybridized carbons (Fsp3) is 0.364. The number of benzene rings is 2. The highest BCUT2D eigenvalue weighted by molar-refractivity contribution is 5.95. The molecule has 0 heterocycles. The lowest BCUT2D eigenvalue weighted by atomic mass is 9.92. The molecule has 2 atom stereocenters. The first-order valence-electron chi connectivity index (χ1n) is 9.39. The molecule has 0 unspecified atom stereocenters. The zero-order chi connectivity index (χ0) is 19.4. The van der Waals surface area contributed by atoms with E-state index in [-0.39, 0.29) is 17.9 Å². The number of aliphatic hydroxyl groups excluding tert-OH is 1. The number of hydrogen-bond acceptors (Lipinski definition) is 3. The number of amides is 2. The number of hydrogen-bond donors (Lipinski definition) is 2. The molecule has 2 aromatic rings. The van der Waals surface area contributed by atoms with Crippen molar-refractivity contribution < 1.29 is 14.7 Å². The van der Waals surface area contributed by atoms with Crippen LogP contribution in [0.4, 0.5) is 10.5 Å². The van der Waals surface area contributed by atoms with Gasteiger partial charge in [0.25, 0.3) is 0 Å². The number of anilines is 1. The van der Waals surface area contributed by atoms with Crippen LogP contribution in [0.25, 0.3) is 11.1 Å². The average Bonchev–Trinajstić information content (AvgIpc) is 2.68. The minimum atomic E-state index is -0.453. The number of nitrogens with zero attached hydrogens (tertiary/aromatic N) is 1. The molecule has 0 saturated heterocycles. The number of carbonyl (C=O) groups is 2. The normalized spacial score (nSPS) is 19.4. The fourth-order valence-corrected chi connectivity index (χ4v) is 3.57. The summed E-state index contributed by atoms with van der Waals surface area (Å²) < 4.78 is 0. The molecule has 142 valence electrons. The van der Waals surface area contributed by atoms with Gasteiger partial charge in [0.1, 0.15) is 0 Å². The largest absolute Gasteiger partial charge is 0.391 e. The van der Waals surface area contributed by atoms with E-state index in [1.54, 1.807) is 24.9 Å². The van der Waals surface area contributed by atoms with Crippen molar-refractivity contribution in [3.63, 3.8) is 0 Å². The van der Waals surface area contributed by atoms with E-state index in [1.807, 2.05) is 42.5 Å². The smallest absolute Gasteiger partial charge is 0.321 e. The van der Waals surface area contributed by atoms with Crippen molar-refractivity contribution in [2.75, 3.05) is 12.4 Å². The van der Waals surface area contributed by atoms with Crippen molar-refractivity contribution in [2.45, 2.75) is 44.8 Å². The van der Waals surface area contributed by atoms with Crippen molar-refractivity contribution in [1.82, 2.24) is 4.90 Å². The maximum atomic E-state index is 12.5. The van der Waals surface area contributed by atoms with Crippen LogP contribution in [0.2, 0.25) is 0 Å². The van der Waals surface area contributed by atoms with E-state index in [0.717, 1.165) is 36.8 Å². The maximum Gasteiger partial charge on any atom is 0.321 e. The van der Waals surface area contributed by atoms with Crippen LogP contribution in [-0.2, 0) is 0 Å². The number of aliphatic hydroxyl groups is 1. The molecule has 2 N–H and O–H groups in total. The van der Waals surface area contributed by atoms with E-state index in [1.165, 1.54) is 0 Å². The zero-order valence-electron chi connectivity index (χ0n) is 15.8. The second kappa shape index (κ2) is 8.35. The van der Waals surface area contributed by atoms with Gasteiger partial charge >= 0.3 is 6.03 Å². The van der Waals surface area contributed by atoms with E-state index in [2.05, 4.69) is 5.32 Å². The van der Waals surface area contributed by atoms with Crippen molar-refractivity contribution in [2.24, 2.45) is 0 Å². The first-order valence-corrected chi connectivity index (χ1v) is 9.39. The summed E-state index contributed by atoms with van der Waals surface area (Å²) in [6.45, 7) is 1.55. The van der Waals surface area contributed by atoms with Crippen LogP contribution in [0.3, 0.4) is 0 Å². The highest BCUT2D eigenvalue weighted by Crippen LogP contribution is 2.25. The molecular weight excluding hydrogens is 340 g/mol. The molecule has 0 aromatic heterocycles. The Hall–Kier alpha value is -2.66. The zero-order valence-corrected chi connectivity index (χ0v) is 15.8. The summed E-state index contributed by atoms with van der Waals surface area (Å²) in [7, 11) is 1.73. The minimum Gasteiger partial charge on any atom is -0.391 e. The first-order chi connectivity index (χ1) is 13.0. The Morgan fingerprint density at radius 1 is 1.04 bits per heavy atom.